The Morgan fingerprint density at radius 1 is 1.06 bits per heavy atom. The number of rotatable bonds is 4. The molecule has 31 heavy (non-hydrogen) atoms. The second-order valence-electron chi connectivity index (χ2n) is 7.57. The van der Waals surface area contributed by atoms with Gasteiger partial charge in [-0.1, -0.05) is 6.07 Å². The van der Waals surface area contributed by atoms with Gasteiger partial charge in [-0.2, -0.15) is 5.10 Å². The molecular weight excluding hydrogens is 396 g/mol. The first-order valence-corrected chi connectivity index (χ1v) is 10.2. The van der Waals surface area contributed by atoms with E-state index in [4.69, 9.17) is 14.8 Å². The summed E-state index contributed by atoms with van der Waals surface area (Å²) in [7, 11) is 0. The molecule has 0 aliphatic carbocycles. The maximum Gasteiger partial charge on any atom is 0.150 e. The van der Waals surface area contributed by atoms with Crippen LogP contribution >= 0.6 is 0 Å². The van der Waals surface area contributed by atoms with Crippen LogP contribution in [0.2, 0.25) is 0 Å². The molecule has 1 atom stereocenters. The molecule has 2 N–H and O–H groups in total. The van der Waals surface area contributed by atoms with Gasteiger partial charge < -0.3 is 4.74 Å². The third-order valence-corrected chi connectivity index (χ3v) is 5.34. The fourth-order valence-electron chi connectivity index (χ4n) is 3.78. The Morgan fingerprint density at radius 2 is 1.97 bits per heavy atom. The molecule has 0 bridgehead atoms. The number of pyridine rings is 3. The van der Waals surface area contributed by atoms with E-state index in [1.807, 2.05) is 48.1 Å². The smallest absolute Gasteiger partial charge is 0.150 e. The summed E-state index contributed by atoms with van der Waals surface area (Å²) in [5.74, 6) is 0. The zero-order valence-electron chi connectivity index (χ0n) is 17.0. The highest BCUT2D eigenvalue weighted by molar-refractivity contribution is 5.84. The van der Waals surface area contributed by atoms with Crippen molar-refractivity contribution in [2.24, 2.45) is 0 Å². The molecule has 0 saturated carbocycles. The molecule has 1 aliphatic heterocycles. The van der Waals surface area contributed by atoms with E-state index < -0.39 is 0 Å². The average Bonchev–Trinajstić information content (AvgIpc) is 3.24. The molecule has 0 amide bonds. The summed E-state index contributed by atoms with van der Waals surface area (Å²) in [6.45, 7) is 2.67. The van der Waals surface area contributed by atoms with Gasteiger partial charge in [-0.15, -0.1) is 5.23 Å². The van der Waals surface area contributed by atoms with Crippen LogP contribution in [0.15, 0.2) is 48.8 Å². The molecule has 1 aliphatic rings. The highest BCUT2D eigenvalue weighted by Crippen LogP contribution is 2.33. The standard InChI is InChI=1S/C22H22N6O3/c1-14-5-4-6-19(24-14)22-16(13-27(26-22)21-7-2-3-10-31-21)17-8-9-18-20(25-17)11-15(12-23-18)28(29)30/h4-6,8-9,11-13,21,29-30H,2-3,7,10H2,1H3. The predicted molar refractivity (Wildman–Crippen MR) is 114 cm³/mol. The third kappa shape index (κ3) is 3.86. The highest BCUT2D eigenvalue weighted by atomic mass is 16.8. The maximum atomic E-state index is 9.32. The first-order valence-electron chi connectivity index (χ1n) is 10.2. The van der Waals surface area contributed by atoms with E-state index in [2.05, 4.69) is 9.97 Å². The van der Waals surface area contributed by atoms with Gasteiger partial charge in [0.15, 0.2) is 0 Å². The summed E-state index contributed by atoms with van der Waals surface area (Å²) < 4.78 is 7.79. The van der Waals surface area contributed by atoms with Gasteiger partial charge in [0.2, 0.25) is 0 Å². The van der Waals surface area contributed by atoms with E-state index in [9.17, 15) is 10.4 Å². The van der Waals surface area contributed by atoms with Crippen molar-refractivity contribution in [2.45, 2.75) is 32.4 Å². The topological polar surface area (TPSA) is 109 Å². The minimum atomic E-state index is -0.114. The fourth-order valence-corrected chi connectivity index (χ4v) is 3.78. The Morgan fingerprint density at radius 3 is 2.74 bits per heavy atom. The normalized spacial score (nSPS) is 16.5. The lowest BCUT2D eigenvalue weighted by Crippen LogP contribution is -2.18. The van der Waals surface area contributed by atoms with E-state index >= 15 is 0 Å². The molecule has 9 heteroatoms. The molecule has 9 nitrogen and oxygen atoms in total. The summed E-state index contributed by atoms with van der Waals surface area (Å²) >= 11 is 0. The van der Waals surface area contributed by atoms with Crippen LogP contribution in [-0.4, -0.2) is 41.8 Å². The lowest BCUT2D eigenvalue weighted by Gasteiger charge is -2.22. The summed E-state index contributed by atoms with van der Waals surface area (Å²) in [5.41, 5.74) is 5.21. The van der Waals surface area contributed by atoms with Crippen LogP contribution in [0.5, 0.6) is 0 Å². The quantitative estimate of drug-likeness (QED) is 0.476. The number of aryl methyl sites for hydroxylation is 1. The molecule has 5 rings (SSSR count). The number of aromatic nitrogens is 5. The number of ether oxygens (including phenoxy) is 1. The number of anilines is 1. The van der Waals surface area contributed by atoms with Crippen LogP contribution in [0.3, 0.4) is 0 Å². The minimum absolute atomic E-state index is 0.0291. The fraction of sp³-hybridized carbons (Fsp3) is 0.273. The Kier molecular flexibility index (Phi) is 5.06. The molecule has 0 aromatic carbocycles. The van der Waals surface area contributed by atoms with Crippen molar-refractivity contribution >= 4 is 16.7 Å². The number of fused-ring (bicyclic) bond motifs is 1. The monoisotopic (exact) mass is 418 g/mol. The Labute approximate surface area is 178 Å². The lowest BCUT2D eigenvalue weighted by atomic mass is 10.1. The van der Waals surface area contributed by atoms with Crippen molar-refractivity contribution in [3.63, 3.8) is 0 Å². The molecular formula is C22H22N6O3. The lowest BCUT2D eigenvalue weighted by molar-refractivity contribution is -0.0393. The molecule has 4 aromatic rings. The van der Waals surface area contributed by atoms with E-state index in [0.717, 1.165) is 48.5 Å². The van der Waals surface area contributed by atoms with Crippen LogP contribution < -0.4 is 5.23 Å². The molecule has 1 unspecified atom stereocenters. The van der Waals surface area contributed by atoms with Crippen LogP contribution in [0.4, 0.5) is 5.69 Å². The van der Waals surface area contributed by atoms with Gasteiger partial charge >= 0.3 is 0 Å². The largest absolute Gasteiger partial charge is 0.357 e. The molecule has 1 saturated heterocycles. The number of hydrogen-bond acceptors (Lipinski definition) is 8. The van der Waals surface area contributed by atoms with Crippen molar-refractivity contribution in [1.82, 2.24) is 24.7 Å². The number of nitrogens with zero attached hydrogens (tertiary/aromatic N) is 6. The number of hydrogen-bond donors (Lipinski definition) is 2. The summed E-state index contributed by atoms with van der Waals surface area (Å²) in [5, 5.41) is 23.5. The zero-order valence-corrected chi connectivity index (χ0v) is 17.0. The van der Waals surface area contributed by atoms with Gasteiger partial charge in [0.1, 0.15) is 17.6 Å². The Balaban J connectivity index is 1.65. The van der Waals surface area contributed by atoms with Gasteiger partial charge in [0.25, 0.3) is 0 Å². The summed E-state index contributed by atoms with van der Waals surface area (Å²) in [6.07, 6.45) is 6.26. The van der Waals surface area contributed by atoms with E-state index in [-0.39, 0.29) is 17.1 Å². The highest BCUT2D eigenvalue weighted by Gasteiger charge is 2.22. The van der Waals surface area contributed by atoms with Crippen LogP contribution in [0.1, 0.15) is 31.2 Å². The van der Waals surface area contributed by atoms with Crippen LogP contribution in [0, 0.1) is 6.92 Å². The van der Waals surface area contributed by atoms with E-state index in [1.54, 1.807) is 6.07 Å². The van der Waals surface area contributed by atoms with Gasteiger partial charge in [-0.25, -0.2) is 9.67 Å². The van der Waals surface area contributed by atoms with Crippen LogP contribution in [-0.2, 0) is 4.74 Å². The average molecular weight is 418 g/mol. The van der Waals surface area contributed by atoms with Crippen molar-refractivity contribution in [3.8, 4) is 22.6 Å². The molecule has 0 spiro atoms. The Hall–Kier alpha value is -3.40. The first kappa shape index (κ1) is 19.6. The molecule has 158 valence electrons. The van der Waals surface area contributed by atoms with Gasteiger partial charge in [0, 0.05) is 24.1 Å². The molecule has 5 heterocycles. The first-order chi connectivity index (χ1) is 15.1. The van der Waals surface area contributed by atoms with Crippen molar-refractivity contribution in [3.05, 3.63) is 54.5 Å². The van der Waals surface area contributed by atoms with Crippen molar-refractivity contribution < 1.29 is 15.2 Å². The second-order valence-corrected chi connectivity index (χ2v) is 7.57. The maximum absolute atomic E-state index is 9.32. The minimum Gasteiger partial charge on any atom is -0.357 e. The molecule has 1 fully saturated rings. The molecule has 0 radical (unpaired) electrons. The van der Waals surface area contributed by atoms with E-state index in [1.165, 1.54) is 6.20 Å². The SMILES string of the molecule is Cc1cccc(-c2nn(C3CCCCO3)cc2-c2ccc3ncc(N(O)O)cc3n2)n1. The second kappa shape index (κ2) is 8.03. The third-order valence-electron chi connectivity index (χ3n) is 5.34. The van der Waals surface area contributed by atoms with Gasteiger partial charge in [-0.05, 0) is 56.5 Å². The Bertz CT molecular complexity index is 1230. The van der Waals surface area contributed by atoms with E-state index in [0.29, 0.717) is 16.7 Å². The van der Waals surface area contributed by atoms with Gasteiger partial charge in [-0.3, -0.25) is 20.4 Å². The van der Waals surface area contributed by atoms with Gasteiger partial charge in [0.05, 0.1) is 28.6 Å². The summed E-state index contributed by atoms with van der Waals surface area (Å²) in [6, 6.07) is 11.1. The van der Waals surface area contributed by atoms with Crippen molar-refractivity contribution in [1.29, 1.82) is 0 Å². The predicted octanol–water partition coefficient (Wildman–Crippen LogP) is 4.15. The molecule has 4 aromatic heterocycles. The zero-order chi connectivity index (χ0) is 21.4. The van der Waals surface area contributed by atoms with Crippen molar-refractivity contribution in [2.75, 3.05) is 11.8 Å². The van der Waals surface area contributed by atoms with Crippen LogP contribution in [0.25, 0.3) is 33.7 Å². The summed E-state index contributed by atoms with van der Waals surface area (Å²) in [4.78, 5) is 13.6.